The molecule has 0 bridgehead atoms. The fourth-order valence-corrected chi connectivity index (χ4v) is 1.32. The molecule has 0 spiro atoms. The summed E-state index contributed by atoms with van der Waals surface area (Å²) >= 11 is 0. The molecule has 1 aliphatic heterocycles. The van der Waals surface area contributed by atoms with E-state index in [1.807, 2.05) is 0 Å². The Kier molecular flexibility index (Phi) is 3.49. The van der Waals surface area contributed by atoms with Gasteiger partial charge in [-0.05, 0) is 26.3 Å². The van der Waals surface area contributed by atoms with Crippen LogP contribution >= 0.6 is 0 Å². The van der Waals surface area contributed by atoms with Gasteiger partial charge in [-0.15, -0.1) is 0 Å². The first kappa shape index (κ1) is 9.48. The molecule has 0 amide bonds. The Hall–Kier alpha value is -0.610. The molecule has 12 heavy (non-hydrogen) atoms. The van der Waals surface area contributed by atoms with Crippen LogP contribution in [-0.4, -0.2) is 36.4 Å². The van der Waals surface area contributed by atoms with Gasteiger partial charge in [0.05, 0.1) is 12.7 Å². The number of nitrogens with one attached hydrogen (secondary N) is 1. The van der Waals surface area contributed by atoms with Gasteiger partial charge in [0.2, 0.25) is 0 Å². The average Bonchev–Trinajstić information content (AvgIpc) is 2.05. The summed E-state index contributed by atoms with van der Waals surface area (Å²) in [6.07, 6.45) is 0.829. The lowest BCUT2D eigenvalue weighted by Crippen LogP contribution is -2.46. The molecule has 0 radical (unpaired) electrons. The highest BCUT2D eigenvalue weighted by molar-refractivity contribution is 5.75. The van der Waals surface area contributed by atoms with E-state index >= 15 is 0 Å². The molecule has 2 N–H and O–H groups in total. The average molecular weight is 173 g/mol. The first-order chi connectivity index (χ1) is 5.74. The topological polar surface area (TPSA) is 58.6 Å². The highest BCUT2D eigenvalue weighted by Gasteiger charge is 2.26. The molecule has 0 aromatic heterocycles. The van der Waals surface area contributed by atoms with E-state index in [0.717, 1.165) is 6.42 Å². The van der Waals surface area contributed by atoms with Crippen molar-refractivity contribution in [3.05, 3.63) is 0 Å². The van der Waals surface area contributed by atoms with Crippen LogP contribution in [0.2, 0.25) is 0 Å². The maximum absolute atomic E-state index is 11.1. The van der Waals surface area contributed by atoms with Crippen LogP contribution in [-0.2, 0) is 9.53 Å². The Bertz CT molecular complexity index is 160. The molecule has 4 heteroatoms. The predicted molar refractivity (Wildman–Crippen MR) is 43.7 cm³/mol. The Morgan fingerprint density at radius 3 is 3.08 bits per heavy atom. The molecular weight excluding hydrogens is 158 g/mol. The number of hydrogen-bond donors (Lipinski definition) is 2. The Balaban J connectivity index is 2.35. The van der Waals surface area contributed by atoms with E-state index in [-0.39, 0.29) is 18.1 Å². The lowest BCUT2D eigenvalue weighted by atomic mass is 10.0. The van der Waals surface area contributed by atoms with Gasteiger partial charge in [0, 0.05) is 0 Å². The second kappa shape index (κ2) is 4.42. The smallest absolute Gasteiger partial charge is 0.323 e. The Labute approximate surface area is 71.9 Å². The predicted octanol–water partition coefficient (Wildman–Crippen LogP) is -0.338. The van der Waals surface area contributed by atoms with Crippen LogP contribution in [0.5, 0.6) is 0 Å². The summed E-state index contributed by atoms with van der Waals surface area (Å²) in [7, 11) is 0. The van der Waals surface area contributed by atoms with E-state index in [4.69, 9.17) is 4.74 Å². The van der Waals surface area contributed by atoms with Crippen molar-refractivity contribution in [1.82, 2.24) is 5.32 Å². The number of aliphatic hydroxyl groups excluding tert-OH is 1. The summed E-state index contributed by atoms with van der Waals surface area (Å²) in [6.45, 7) is 2.86. The standard InChI is InChI=1S/C8H15NO3/c1-2-12-8(11)7-5-6(10)3-4-9-7/h6-7,9-10H,2-5H2,1H3/t6-,7+/m0/s1. The lowest BCUT2D eigenvalue weighted by molar-refractivity contribution is -0.147. The van der Waals surface area contributed by atoms with Gasteiger partial charge in [-0.25, -0.2) is 0 Å². The molecule has 0 aromatic rings. The van der Waals surface area contributed by atoms with E-state index in [1.165, 1.54) is 0 Å². The van der Waals surface area contributed by atoms with Crippen molar-refractivity contribution in [2.45, 2.75) is 31.9 Å². The van der Waals surface area contributed by atoms with E-state index < -0.39 is 0 Å². The Morgan fingerprint density at radius 1 is 1.75 bits per heavy atom. The number of carbonyl (C=O) groups excluding carboxylic acids is 1. The third-order valence-corrected chi connectivity index (χ3v) is 1.95. The Morgan fingerprint density at radius 2 is 2.50 bits per heavy atom. The number of aliphatic hydroxyl groups is 1. The van der Waals surface area contributed by atoms with Crippen LogP contribution in [0.15, 0.2) is 0 Å². The van der Waals surface area contributed by atoms with Gasteiger partial charge < -0.3 is 15.2 Å². The highest BCUT2D eigenvalue weighted by atomic mass is 16.5. The fourth-order valence-electron chi connectivity index (χ4n) is 1.32. The van der Waals surface area contributed by atoms with Crippen LogP contribution in [0.4, 0.5) is 0 Å². The molecular formula is C8H15NO3. The zero-order chi connectivity index (χ0) is 8.97. The van der Waals surface area contributed by atoms with Gasteiger partial charge in [0.1, 0.15) is 6.04 Å². The third kappa shape index (κ3) is 2.46. The van der Waals surface area contributed by atoms with E-state index in [2.05, 4.69) is 5.32 Å². The minimum Gasteiger partial charge on any atom is -0.465 e. The van der Waals surface area contributed by atoms with E-state index in [0.29, 0.717) is 19.6 Å². The molecule has 1 aliphatic rings. The van der Waals surface area contributed by atoms with Crippen molar-refractivity contribution in [1.29, 1.82) is 0 Å². The second-order valence-electron chi connectivity index (χ2n) is 2.94. The number of rotatable bonds is 2. The summed E-state index contributed by atoms with van der Waals surface area (Å²) in [4.78, 5) is 11.1. The summed E-state index contributed by atoms with van der Waals surface area (Å²) in [6, 6.07) is -0.311. The van der Waals surface area contributed by atoms with Gasteiger partial charge >= 0.3 is 5.97 Å². The van der Waals surface area contributed by atoms with Crippen molar-refractivity contribution in [3.8, 4) is 0 Å². The van der Waals surface area contributed by atoms with Crippen molar-refractivity contribution in [2.24, 2.45) is 0 Å². The normalized spacial score (nSPS) is 29.8. The fraction of sp³-hybridized carbons (Fsp3) is 0.875. The highest BCUT2D eigenvalue weighted by Crippen LogP contribution is 2.09. The van der Waals surface area contributed by atoms with Crippen molar-refractivity contribution in [3.63, 3.8) is 0 Å². The van der Waals surface area contributed by atoms with Gasteiger partial charge in [0.15, 0.2) is 0 Å². The van der Waals surface area contributed by atoms with Gasteiger partial charge in [-0.1, -0.05) is 0 Å². The monoisotopic (exact) mass is 173 g/mol. The zero-order valence-electron chi connectivity index (χ0n) is 7.25. The first-order valence-corrected chi connectivity index (χ1v) is 4.32. The number of ether oxygens (including phenoxy) is 1. The summed E-state index contributed by atoms with van der Waals surface area (Å²) < 4.78 is 4.82. The molecule has 1 heterocycles. The van der Waals surface area contributed by atoms with Crippen molar-refractivity contribution in [2.75, 3.05) is 13.2 Å². The molecule has 0 aromatic carbocycles. The molecule has 2 atom stereocenters. The largest absolute Gasteiger partial charge is 0.465 e. The van der Waals surface area contributed by atoms with E-state index in [9.17, 15) is 9.90 Å². The number of hydrogen-bond acceptors (Lipinski definition) is 4. The number of carbonyl (C=O) groups is 1. The molecule has 1 saturated heterocycles. The molecule has 0 saturated carbocycles. The minimum atomic E-state index is -0.361. The quantitative estimate of drug-likeness (QED) is 0.561. The molecule has 1 rings (SSSR count). The second-order valence-corrected chi connectivity index (χ2v) is 2.94. The van der Waals surface area contributed by atoms with Gasteiger partial charge in [0.25, 0.3) is 0 Å². The van der Waals surface area contributed by atoms with Crippen LogP contribution < -0.4 is 5.32 Å². The summed E-state index contributed by atoms with van der Waals surface area (Å²) in [5.74, 6) is -0.253. The van der Waals surface area contributed by atoms with Crippen LogP contribution in [0, 0.1) is 0 Å². The van der Waals surface area contributed by atoms with Crippen molar-refractivity contribution < 1.29 is 14.6 Å². The maximum atomic E-state index is 11.1. The van der Waals surface area contributed by atoms with Crippen LogP contribution in [0.25, 0.3) is 0 Å². The molecule has 0 aliphatic carbocycles. The van der Waals surface area contributed by atoms with Crippen molar-refractivity contribution >= 4 is 5.97 Å². The molecule has 0 unspecified atom stereocenters. The van der Waals surface area contributed by atoms with Crippen LogP contribution in [0.1, 0.15) is 19.8 Å². The van der Waals surface area contributed by atoms with Gasteiger partial charge in [-0.3, -0.25) is 4.79 Å². The zero-order valence-corrected chi connectivity index (χ0v) is 7.25. The molecule has 70 valence electrons. The minimum absolute atomic E-state index is 0.253. The summed E-state index contributed by atoms with van der Waals surface area (Å²) in [5, 5.41) is 12.2. The van der Waals surface area contributed by atoms with Gasteiger partial charge in [-0.2, -0.15) is 0 Å². The molecule has 4 nitrogen and oxygen atoms in total. The van der Waals surface area contributed by atoms with E-state index in [1.54, 1.807) is 6.92 Å². The lowest BCUT2D eigenvalue weighted by Gasteiger charge is -2.25. The molecule has 1 fully saturated rings. The number of esters is 1. The first-order valence-electron chi connectivity index (χ1n) is 4.32. The summed E-state index contributed by atoms with van der Waals surface area (Å²) in [5.41, 5.74) is 0. The number of piperidine rings is 1. The maximum Gasteiger partial charge on any atom is 0.323 e. The third-order valence-electron chi connectivity index (χ3n) is 1.95. The SMILES string of the molecule is CCOC(=O)[C@H]1C[C@@H](O)CCN1. The van der Waals surface area contributed by atoms with Crippen LogP contribution in [0.3, 0.4) is 0 Å².